The Morgan fingerprint density at radius 1 is 1.41 bits per heavy atom. The van der Waals surface area contributed by atoms with E-state index in [0.29, 0.717) is 5.82 Å². The zero-order valence-corrected chi connectivity index (χ0v) is 13.9. The van der Waals surface area contributed by atoms with Gasteiger partial charge in [0.25, 0.3) is 10.0 Å². The maximum Gasteiger partial charge on any atom is 0.250 e. The molecule has 1 atom stereocenters. The van der Waals surface area contributed by atoms with Gasteiger partial charge >= 0.3 is 0 Å². The average Bonchev–Trinajstić information content (AvgIpc) is 3.08. The number of hydrogen-bond donors (Lipinski definition) is 2. The molecule has 0 aliphatic carbocycles. The van der Waals surface area contributed by atoms with Gasteiger partial charge in [-0.2, -0.15) is 9.71 Å². The van der Waals surface area contributed by atoms with Gasteiger partial charge in [-0.05, 0) is 13.0 Å². The molecular formula is C12H16N4O4S2. The van der Waals surface area contributed by atoms with Crippen LogP contribution >= 0.6 is 11.3 Å². The van der Waals surface area contributed by atoms with E-state index >= 15 is 0 Å². The van der Waals surface area contributed by atoms with Crippen LogP contribution in [0.25, 0.3) is 0 Å². The number of carbonyl (C=O) groups is 1. The molecule has 2 rings (SSSR count). The number of primary amides is 1. The third kappa shape index (κ3) is 3.51. The van der Waals surface area contributed by atoms with Gasteiger partial charge < -0.3 is 10.3 Å². The van der Waals surface area contributed by atoms with Gasteiger partial charge in [-0.25, -0.2) is 8.42 Å². The number of carbonyl (C=O) groups excluding carboxylic acids is 1. The number of thiophene rings is 1. The molecule has 22 heavy (non-hydrogen) atoms. The van der Waals surface area contributed by atoms with Crippen LogP contribution in [0.15, 0.2) is 20.2 Å². The zero-order valence-electron chi connectivity index (χ0n) is 12.2. The predicted molar refractivity (Wildman–Crippen MR) is 80.0 cm³/mol. The van der Waals surface area contributed by atoms with Crippen LogP contribution in [-0.4, -0.2) is 24.5 Å². The summed E-state index contributed by atoms with van der Waals surface area (Å²) < 4.78 is 32.0. The minimum atomic E-state index is -3.80. The number of nitrogens with zero attached hydrogens (tertiary/aromatic N) is 2. The Balaban J connectivity index is 2.17. The van der Waals surface area contributed by atoms with Gasteiger partial charge in [0.05, 0.1) is 11.6 Å². The topological polar surface area (TPSA) is 128 Å². The summed E-state index contributed by atoms with van der Waals surface area (Å²) in [4.78, 5) is 15.2. The lowest BCUT2D eigenvalue weighted by atomic mass is 10.2. The van der Waals surface area contributed by atoms with Gasteiger partial charge in [-0.1, -0.05) is 19.0 Å². The van der Waals surface area contributed by atoms with Gasteiger partial charge in [-0.3, -0.25) is 4.79 Å². The summed E-state index contributed by atoms with van der Waals surface area (Å²) >= 11 is 0.914. The minimum absolute atomic E-state index is 0.00301. The van der Waals surface area contributed by atoms with Crippen molar-refractivity contribution in [1.29, 1.82) is 0 Å². The Morgan fingerprint density at radius 3 is 2.59 bits per heavy atom. The maximum absolute atomic E-state index is 12.2. The van der Waals surface area contributed by atoms with E-state index in [1.807, 2.05) is 13.8 Å². The lowest BCUT2D eigenvalue weighted by Crippen LogP contribution is -2.26. The largest absolute Gasteiger partial charge is 0.366 e. The molecule has 0 aliphatic rings. The quantitative estimate of drug-likeness (QED) is 0.815. The number of amides is 1. The second-order valence-electron chi connectivity index (χ2n) is 5.01. The van der Waals surface area contributed by atoms with Crippen molar-refractivity contribution in [2.24, 2.45) is 5.73 Å². The van der Waals surface area contributed by atoms with Crippen molar-refractivity contribution in [3.8, 4) is 0 Å². The number of aromatic nitrogens is 2. The molecule has 0 bridgehead atoms. The van der Waals surface area contributed by atoms with E-state index in [4.69, 9.17) is 10.3 Å². The summed E-state index contributed by atoms with van der Waals surface area (Å²) in [6.45, 7) is 5.40. The molecule has 0 saturated heterocycles. The maximum atomic E-state index is 12.2. The normalized spacial score (nSPS) is 13.5. The summed E-state index contributed by atoms with van der Waals surface area (Å²) in [6, 6.07) is 0.541. The number of rotatable bonds is 6. The second kappa shape index (κ2) is 6.15. The number of sulfonamides is 1. The predicted octanol–water partition coefficient (Wildman–Crippen LogP) is 1.39. The Hall–Kier alpha value is -1.78. The Kier molecular flexibility index (Phi) is 4.63. The number of nitrogens with one attached hydrogen (secondary N) is 1. The van der Waals surface area contributed by atoms with Crippen LogP contribution in [0.4, 0.5) is 0 Å². The second-order valence-corrected chi connectivity index (χ2v) is 7.86. The monoisotopic (exact) mass is 344 g/mol. The van der Waals surface area contributed by atoms with Crippen molar-refractivity contribution in [2.75, 3.05) is 0 Å². The van der Waals surface area contributed by atoms with E-state index in [1.54, 1.807) is 6.92 Å². The van der Waals surface area contributed by atoms with Gasteiger partial charge in [0, 0.05) is 11.3 Å². The van der Waals surface area contributed by atoms with Crippen molar-refractivity contribution in [3.63, 3.8) is 0 Å². The molecular weight excluding hydrogens is 328 g/mol. The molecule has 120 valence electrons. The molecule has 3 N–H and O–H groups in total. The molecule has 0 spiro atoms. The molecule has 8 nitrogen and oxygen atoms in total. The standard InChI is InChI=1S/C12H16N4O4S2/c1-6(2)11-14-12(20-15-11)7(3)16-22(18,19)9-4-8(5-21-9)10(13)17/h4-7,16H,1-3H3,(H2,13,17)/t7-/m1/s1. The van der Waals surface area contributed by atoms with E-state index in [-0.39, 0.29) is 21.6 Å². The Bertz CT molecular complexity index is 779. The number of nitrogens with two attached hydrogens (primary N) is 1. The number of hydrogen-bond acceptors (Lipinski definition) is 7. The molecule has 2 heterocycles. The van der Waals surface area contributed by atoms with E-state index in [0.717, 1.165) is 11.3 Å². The minimum Gasteiger partial charge on any atom is -0.366 e. The highest BCUT2D eigenvalue weighted by Crippen LogP contribution is 2.22. The smallest absolute Gasteiger partial charge is 0.250 e. The highest BCUT2D eigenvalue weighted by atomic mass is 32.2. The first-order valence-electron chi connectivity index (χ1n) is 6.45. The van der Waals surface area contributed by atoms with Crippen LogP contribution in [0.3, 0.4) is 0 Å². The summed E-state index contributed by atoms with van der Waals surface area (Å²) in [5, 5.41) is 5.18. The van der Waals surface area contributed by atoms with Crippen LogP contribution in [-0.2, 0) is 10.0 Å². The Morgan fingerprint density at radius 2 is 2.09 bits per heavy atom. The molecule has 2 aromatic heterocycles. The highest BCUT2D eigenvalue weighted by molar-refractivity contribution is 7.91. The SMILES string of the molecule is CC(C)c1noc([C@@H](C)NS(=O)(=O)c2cc(C(N)=O)cs2)n1. The van der Waals surface area contributed by atoms with Crippen molar-refractivity contribution >= 4 is 27.3 Å². The average molecular weight is 344 g/mol. The fourth-order valence-corrected chi connectivity index (χ4v) is 3.97. The van der Waals surface area contributed by atoms with Gasteiger partial charge in [-0.15, -0.1) is 11.3 Å². The van der Waals surface area contributed by atoms with Crippen LogP contribution in [0.1, 0.15) is 54.8 Å². The van der Waals surface area contributed by atoms with Crippen LogP contribution < -0.4 is 10.5 Å². The van der Waals surface area contributed by atoms with E-state index in [2.05, 4.69) is 14.9 Å². The first kappa shape index (κ1) is 16.6. The fourth-order valence-electron chi connectivity index (χ4n) is 1.59. The highest BCUT2D eigenvalue weighted by Gasteiger charge is 2.24. The third-order valence-electron chi connectivity index (χ3n) is 2.80. The van der Waals surface area contributed by atoms with Gasteiger partial charge in [0.1, 0.15) is 4.21 Å². The molecule has 0 fully saturated rings. The zero-order chi connectivity index (χ0) is 16.5. The van der Waals surface area contributed by atoms with Crippen molar-refractivity contribution in [2.45, 2.75) is 36.9 Å². The Labute approximate surface area is 131 Å². The molecule has 0 saturated carbocycles. The summed E-state index contributed by atoms with van der Waals surface area (Å²) in [6.07, 6.45) is 0. The molecule has 0 unspecified atom stereocenters. The van der Waals surface area contributed by atoms with Crippen LogP contribution in [0, 0.1) is 0 Å². The third-order valence-corrected chi connectivity index (χ3v) is 5.78. The summed E-state index contributed by atoms with van der Waals surface area (Å²) in [5.41, 5.74) is 5.26. The summed E-state index contributed by atoms with van der Waals surface area (Å²) in [7, 11) is -3.80. The van der Waals surface area contributed by atoms with E-state index in [1.165, 1.54) is 11.4 Å². The summed E-state index contributed by atoms with van der Waals surface area (Å²) in [5.74, 6) is 0.0908. The first-order valence-corrected chi connectivity index (χ1v) is 8.81. The van der Waals surface area contributed by atoms with Gasteiger partial charge in [0.15, 0.2) is 5.82 Å². The molecule has 0 radical (unpaired) electrons. The van der Waals surface area contributed by atoms with Crippen LogP contribution in [0.5, 0.6) is 0 Å². The van der Waals surface area contributed by atoms with Crippen molar-refractivity contribution < 1.29 is 17.7 Å². The molecule has 0 aliphatic heterocycles. The van der Waals surface area contributed by atoms with Crippen molar-refractivity contribution in [1.82, 2.24) is 14.9 Å². The van der Waals surface area contributed by atoms with E-state index < -0.39 is 22.0 Å². The lowest BCUT2D eigenvalue weighted by molar-refractivity contribution is 0.100. The van der Waals surface area contributed by atoms with E-state index in [9.17, 15) is 13.2 Å². The van der Waals surface area contributed by atoms with Crippen molar-refractivity contribution in [3.05, 3.63) is 28.7 Å². The first-order chi connectivity index (χ1) is 10.2. The van der Waals surface area contributed by atoms with Gasteiger partial charge in [0.2, 0.25) is 11.8 Å². The fraction of sp³-hybridized carbons (Fsp3) is 0.417. The lowest BCUT2D eigenvalue weighted by Gasteiger charge is -2.08. The molecule has 2 aromatic rings. The molecule has 0 aromatic carbocycles. The molecule has 1 amide bonds. The van der Waals surface area contributed by atoms with Crippen LogP contribution in [0.2, 0.25) is 0 Å². The molecule has 10 heteroatoms.